The fraction of sp³-hybridized carbons (Fsp3) is 0.846. The van der Waals surface area contributed by atoms with Crippen molar-refractivity contribution in [3.8, 4) is 0 Å². The average Bonchev–Trinajstić information content (AvgIpc) is 3.02. The lowest BCUT2D eigenvalue weighted by Gasteiger charge is -2.36. The van der Waals surface area contributed by atoms with E-state index in [2.05, 4.69) is 22.6 Å². The largest absolute Gasteiger partial charge is 0.376 e. The zero-order valence-electron chi connectivity index (χ0n) is 11.6. The molecule has 0 bridgehead atoms. The van der Waals surface area contributed by atoms with Gasteiger partial charge in [0, 0.05) is 13.7 Å². The van der Waals surface area contributed by atoms with E-state index in [0.29, 0.717) is 0 Å². The molecule has 0 amide bonds. The summed E-state index contributed by atoms with van der Waals surface area (Å²) >= 11 is 0. The Bertz CT molecular complexity index is 371. The summed E-state index contributed by atoms with van der Waals surface area (Å²) in [6.45, 7) is 3.06. The lowest BCUT2D eigenvalue weighted by molar-refractivity contribution is -0.0371. The van der Waals surface area contributed by atoms with Crippen LogP contribution in [0.5, 0.6) is 0 Å². The van der Waals surface area contributed by atoms with Crippen molar-refractivity contribution < 1.29 is 4.74 Å². The van der Waals surface area contributed by atoms with Crippen molar-refractivity contribution >= 4 is 0 Å². The summed E-state index contributed by atoms with van der Waals surface area (Å²) in [4.78, 5) is 0. The molecular formula is C13H24N4O. The molecule has 1 fully saturated rings. The third-order valence-corrected chi connectivity index (χ3v) is 4.05. The highest BCUT2D eigenvalue weighted by Crippen LogP contribution is 2.42. The Balaban J connectivity index is 2.29. The first-order chi connectivity index (χ1) is 8.77. The first kappa shape index (κ1) is 13.5. The van der Waals surface area contributed by atoms with Gasteiger partial charge in [0.25, 0.3) is 0 Å². The molecule has 102 valence electrons. The molecular weight excluding hydrogens is 228 g/mol. The van der Waals surface area contributed by atoms with Gasteiger partial charge < -0.3 is 10.1 Å². The minimum Gasteiger partial charge on any atom is -0.376 e. The van der Waals surface area contributed by atoms with Gasteiger partial charge in [0.1, 0.15) is 0 Å². The lowest BCUT2D eigenvalue weighted by Crippen LogP contribution is -2.43. The van der Waals surface area contributed by atoms with Gasteiger partial charge in [0.15, 0.2) is 0 Å². The topological polar surface area (TPSA) is 52.0 Å². The summed E-state index contributed by atoms with van der Waals surface area (Å²) < 4.78 is 7.88. The minimum absolute atomic E-state index is 0.0953. The van der Waals surface area contributed by atoms with Crippen LogP contribution >= 0.6 is 0 Å². The predicted molar refractivity (Wildman–Crippen MR) is 70.3 cm³/mol. The Kier molecular flexibility index (Phi) is 4.35. The van der Waals surface area contributed by atoms with Crippen LogP contribution in [0.3, 0.4) is 0 Å². The quantitative estimate of drug-likeness (QED) is 0.840. The standard InChI is InChI=1S/C13H24N4O/c1-4-9-17-11(10-15-16-17)12(14-2)13(18-3)7-5-6-8-13/h10,12,14H,4-9H2,1-3H3. The predicted octanol–water partition coefficient (Wildman–Crippen LogP) is 1.91. The molecule has 0 aliphatic heterocycles. The van der Waals surface area contributed by atoms with Gasteiger partial charge >= 0.3 is 0 Å². The van der Waals surface area contributed by atoms with Crippen molar-refractivity contribution in [3.05, 3.63) is 11.9 Å². The van der Waals surface area contributed by atoms with Gasteiger partial charge in [-0.15, -0.1) is 5.10 Å². The maximum absolute atomic E-state index is 5.88. The summed E-state index contributed by atoms with van der Waals surface area (Å²) in [6.07, 6.45) is 7.62. The van der Waals surface area contributed by atoms with Crippen LogP contribution in [-0.4, -0.2) is 34.8 Å². The Labute approximate surface area is 109 Å². The van der Waals surface area contributed by atoms with Gasteiger partial charge in [0.05, 0.1) is 23.5 Å². The van der Waals surface area contributed by atoms with Gasteiger partial charge in [-0.05, 0) is 26.3 Å². The molecule has 18 heavy (non-hydrogen) atoms. The molecule has 1 unspecified atom stereocenters. The zero-order valence-corrected chi connectivity index (χ0v) is 11.6. The van der Waals surface area contributed by atoms with Crippen LogP contribution in [0.25, 0.3) is 0 Å². The Hall–Kier alpha value is -0.940. The van der Waals surface area contributed by atoms with Crippen molar-refractivity contribution in [2.45, 2.75) is 57.2 Å². The van der Waals surface area contributed by atoms with Crippen LogP contribution in [0, 0.1) is 0 Å². The Morgan fingerprint density at radius 2 is 2.22 bits per heavy atom. The smallest absolute Gasteiger partial charge is 0.0888 e. The maximum Gasteiger partial charge on any atom is 0.0888 e. The first-order valence-corrected chi connectivity index (χ1v) is 6.88. The van der Waals surface area contributed by atoms with E-state index in [9.17, 15) is 0 Å². The molecule has 5 heteroatoms. The highest BCUT2D eigenvalue weighted by Gasteiger charge is 2.43. The highest BCUT2D eigenvalue weighted by molar-refractivity contribution is 5.12. The number of hydrogen-bond donors (Lipinski definition) is 1. The van der Waals surface area contributed by atoms with Crippen molar-refractivity contribution in [2.75, 3.05) is 14.2 Å². The second kappa shape index (κ2) is 5.80. The molecule has 1 saturated carbocycles. The summed E-state index contributed by atoms with van der Waals surface area (Å²) in [5.74, 6) is 0. The van der Waals surface area contributed by atoms with Crippen LogP contribution in [0.15, 0.2) is 6.20 Å². The van der Waals surface area contributed by atoms with Gasteiger partial charge in [-0.25, -0.2) is 4.68 Å². The molecule has 1 aromatic heterocycles. The molecule has 1 aliphatic rings. The van der Waals surface area contributed by atoms with Crippen molar-refractivity contribution in [1.82, 2.24) is 20.3 Å². The molecule has 0 aromatic carbocycles. The van der Waals surface area contributed by atoms with Gasteiger partial charge in [-0.2, -0.15) is 0 Å². The molecule has 0 spiro atoms. The maximum atomic E-state index is 5.88. The molecule has 1 heterocycles. The van der Waals surface area contributed by atoms with Gasteiger partial charge in [-0.1, -0.05) is 25.0 Å². The van der Waals surface area contributed by atoms with E-state index in [1.165, 1.54) is 12.8 Å². The molecule has 0 radical (unpaired) electrons. The molecule has 1 atom stereocenters. The Morgan fingerprint density at radius 1 is 1.50 bits per heavy atom. The van der Waals surface area contributed by atoms with Gasteiger partial charge in [-0.3, -0.25) is 0 Å². The molecule has 1 aliphatic carbocycles. The molecule has 0 saturated heterocycles. The number of methoxy groups -OCH3 is 1. The summed E-state index contributed by atoms with van der Waals surface area (Å²) in [6, 6.07) is 0.173. The van der Waals surface area contributed by atoms with Crippen LogP contribution in [0.2, 0.25) is 0 Å². The number of aryl methyl sites for hydroxylation is 1. The van der Waals surface area contributed by atoms with E-state index < -0.39 is 0 Å². The van der Waals surface area contributed by atoms with Crippen molar-refractivity contribution in [3.63, 3.8) is 0 Å². The first-order valence-electron chi connectivity index (χ1n) is 6.88. The molecule has 2 rings (SSSR count). The van der Waals surface area contributed by atoms with Crippen molar-refractivity contribution in [2.24, 2.45) is 0 Å². The second-order valence-electron chi connectivity index (χ2n) is 5.08. The number of rotatable bonds is 6. The average molecular weight is 252 g/mol. The number of nitrogens with zero attached hydrogens (tertiary/aromatic N) is 3. The second-order valence-corrected chi connectivity index (χ2v) is 5.08. The normalized spacial score (nSPS) is 20.2. The molecule has 1 aromatic rings. The SMILES string of the molecule is CCCn1nncc1C(NC)C1(OC)CCCC1. The van der Waals surface area contributed by atoms with E-state index >= 15 is 0 Å². The van der Waals surface area contributed by atoms with Crippen LogP contribution in [-0.2, 0) is 11.3 Å². The minimum atomic E-state index is -0.0953. The van der Waals surface area contributed by atoms with E-state index in [-0.39, 0.29) is 11.6 Å². The van der Waals surface area contributed by atoms with E-state index in [1.807, 2.05) is 25.0 Å². The summed E-state index contributed by atoms with van der Waals surface area (Å²) in [5, 5.41) is 11.7. The number of hydrogen-bond acceptors (Lipinski definition) is 4. The molecule has 5 nitrogen and oxygen atoms in total. The monoisotopic (exact) mass is 252 g/mol. The van der Waals surface area contributed by atoms with E-state index in [4.69, 9.17) is 4.74 Å². The van der Waals surface area contributed by atoms with Crippen LogP contribution < -0.4 is 5.32 Å². The number of ether oxygens (including phenoxy) is 1. The highest BCUT2D eigenvalue weighted by atomic mass is 16.5. The number of likely N-dealkylation sites (N-methyl/N-ethyl adjacent to an activating group) is 1. The fourth-order valence-electron chi connectivity index (χ4n) is 3.14. The summed E-state index contributed by atoms with van der Waals surface area (Å²) in [5.41, 5.74) is 1.05. The van der Waals surface area contributed by atoms with Crippen molar-refractivity contribution in [1.29, 1.82) is 0 Å². The fourth-order valence-corrected chi connectivity index (χ4v) is 3.14. The number of aromatic nitrogens is 3. The lowest BCUT2D eigenvalue weighted by atomic mass is 9.89. The summed E-state index contributed by atoms with van der Waals surface area (Å²) in [7, 11) is 3.82. The number of nitrogens with one attached hydrogen (secondary N) is 1. The van der Waals surface area contributed by atoms with Crippen LogP contribution in [0.4, 0.5) is 0 Å². The molecule has 1 N–H and O–H groups in total. The Morgan fingerprint density at radius 3 is 2.78 bits per heavy atom. The van der Waals surface area contributed by atoms with E-state index in [1.54, 1.807) is 0 Å². The van der Waals surface area contributed by atoms with Gasteiger partial charge in [0.2, 0.25) is 0 Å². The van der Waals surface area contributed by atoms with E-state index in [0.717, 1.165) is 31.5 Å². The third-order valence-electron chi connectivity index (χ3n) is 4.05. The van der Waals surface area contributed by atoms with Crippen LogP contribution in [0.1, 0.15) is 50.8 Å². The third kappa shape index (κ3) is 2.29. The zero-order chi connectivity index (χ0) is 13.0.